The van der Waals surface area contributed by atoms with E-state index in [9.17, 15) is 8.42 Å². The number of likely N-dealkylation sites (N-methyl/N-ethyl adjacent to an activating group) is 1. The molecule has 1 aromatic heterocycles. The first kappa shape index (κ1) is 19.0. The fraction of sp³-hybridized carbons (Fsp3) is 0.778. The monoisotopic (exact) mass is 394 g/mol. The predicted octanol–water partition coefficient (Wildman–Crippen LogP) is 1.03. The maximum absolute atomic E-state index is 12.9. The molecule has 9 heteroatoms. The number of hydrogen-bond acceptors (Lipinski definition) is 6. The average molecular weight is 395 g/mol. The van der Waals surface area contributed by atoms with Crippen LogP contribution in [0, 0.1) is 0 Å². The molecule has 150 valence electrons. The van der Waals surface area contributed by atoms with E-state index in [1.807, 2.05) is 7.05 Å². The van der Waals surface area contributed by atoms with Crippen LogP contribution in [0.4, 0.5) is 5.82 Å². The van der Waals surface area contributed by atoms with Crippen LogP contribution >= 0.6 is 0 Å². The molecule has 3 aliphatic heterocycles. The van der Waals surface area contributed by atoms with Gasteiger partial charge in [-0.25, -0.2) is 9.97 Å². The lowest BCUT2D eigenvalue weighted by Gasteiger charge is -2.30. The van der Waals surface area contributed by atoms with Gasteiger partial charge in [0.05, 0.1) is 5.69 Å². The Labute approximate surface area is 162 Å². The summed E-state index contributed by atoms with van der Waals surface area (Å²) in [6.45, 7) is 4.19. The van der Waals surface area contributed by atoms with Crippen molar-refractivity contribution in [3.05, 3.63) is 17.1 Å². The van der Waals surface area contributed by atoms with Crippen LogP contribution in [0.1, 0.15) is 48.7 Å². The van der Waals surface area contributed by atoms with Crippen molar-refractivity contribution in [2.75, 3.05) is 52.1 Å². The van der Waals surface area contributed by atoms with E-state index in [0.29, 0.717) is 26.2 Å². The quantitative estimate of drug-likeness (QED) is 0.821. The molecule has 27 heavy (non-hydrogen) atoms. The van der Waals surface area contributed by atoms with Crippen LogP contribution in [-0.2, 0) is 23.2 Å². The Bertz CT molecular complexity index is 776. The zero-order chi connectivity index (χ0) is 19.0. The molecule has 0 aromatic carbocycles. The minimum atomic E-state index is -3.35. The Balaban J connectivity index is 1.53. The highest BCUT2D eigenvalue weighted by Crippen LogP contribution is 2.31. The molecule has 0 aliphatic carbocycles. The summed E-state index contributed by atoms with van der Waals surface area (Å²) in [6.07, 6.45) is 4.75. The third-order valence-electron chi connectivity index (χ3n) is 5.99. The Morgan fingerprint density at radius 1 is 1.04 bits per heavy atom. The van der Waals surface area contributed by atoms with Crippen LogP contribution in [0.3, 0.4) is 0 Å². The van der Waals surface area contributed by atoms with Crippen LogP contribution in [0.5, 0.6) is 0 Å². The molecule has 4 heterocycles. The topological polar surface area (TPSA) is 81.7 Å². The predicted molar refractivity (Wildman–Crippen MR) is 105 cm³/mol. The second-order valence-electron chi connectivity index (χ2n) is 7.90. The van der Waals surface area contributed by atoms with Gasteiger partial charge in [0.1, 0.15) is 11.6 Å². The minimum Gasteiger partial charge on any atom is -0.373 e. The highest BCUT2D eigenvalue weighted by atomic mass is 32.2. The summed E-state index contributed by atoms with van der Waals surface area (Å²) in [6, 6.07) is 0. The summed E-state index contributed by atoms with van der Waals surface area (Å²) in [4.78, 5) is 11.9. The van der Waals surface area contributed by atoms with E-state index in [-0.39, 0.29) is 5.92 Å². The average Bonchev–Trinajstić information content (AvgIpc) is 3.19. The van der Waals surface area contributed by atoms with Crippen molar-refractivity contribution < 1.29 is 8.42 Å². The molecular weight excluding hydrogens is 364 g/mol. The van der Waals surface area contributed by atoms with E-state index >= 15 is 0 Å². The van der Waals surface area contributed by atoms with Gasteiger partial charge in [-0.1, -0.05) is 6.42 Å². The van der Waals surface area contributed by atoms with E-state index in [1.54, 1.807) is 8.61 Å². The first-order valence-electron chi connectivity index (χ1n) is 10.00. The van der Waals surface area contributed by atoms with Crippen molar-refractivity contribution in [1.82, 2.24) is 23.5 Å². The first-order valence-corrected chi connectivity index (χ1v) is 11.4. The summed E-state index contributed by atoms with van der Waals surface area (Å²) in [5, 5.41) is 3.21. The van der Waals surface area contributed by atoms with Gasteiger partial charge in [0.25, 0.3) is 10.2 Å². The minimum absolute atomic E-state index is 0.0709. The maximum atomic E-state index is 12.9. The molecule has 4 rings (SSSR count). The largest absolute Gasteiger partial charge is 0.373 e. The normalized spacial score (nSPS) is 25.5. The number of nitrogens with zero attached hydrogens (tertiary/aromatic N) is 5. The lowest BCUT2D eigenvalue weighted by atomic mass is 10.0. The number of rotatable bonds is 4. The molecule has 0 spiro atoms. The fourth-order valence-corrected chi connectivity index (χ4v) is 6.12. The summed E-state index contributed by atoms with van der Waals surface area (Å²) in [5.41, 5.74) is 2.28. The molecule has 1 atom stereocenters. The second-order valence-corrected chi connectivity index (χ2v) is 9.83. The fourth-order valence-electron chi connectivity index (χ4n) is 4.36. The molecule has 2 fully saturated rings. The maximum Gasteiger partial charge on any atom is 0.281 e. The molecule has 0 bridgehead atoms. The number of piperidine rings is 1. The Hall–Kier alpha value is -1.29. The number of fused-ring (bicyclic) bond motifs is 1. The smallest absolute Gasteiger partial charge is 0.281 e. The second kappa shape index (κ2) is 7.62. The van der Waals surface area contributed by atoms with Crippen molar-refractivity contribution in [2.24, 2.45) is 0 Å². The van der Waals surface area contributed by atoms with Gasteiger partial charge in [-0.3, -0.25) is 0 Å². The van der Waals surface area contributed by atoms with Crippen molar-refractivity contribution in [2.45, 2.75) is 44.6 Å². The van der Waals surface area contributed by atoms with Crippen molar-refractivity contribution in [3.63, 3.8) is 0 Å². The Kier molecular flexibility index (Phi) is 5.37. The third-order valence-corrected chi connectivity index (χ3v) is 7.99. The molecule has 1 aromatic rings. The molecule has 2 saturated heterocycles. The van der Waals surface area contributed by atoms with E-state index in [1.165, 1.54) is 5.56 Å². The number of nitrogens with one attached hydrogen (secondary N) is 1. The highest BCUT2D eigenvalue weighted by molar-refractivity contribution is 7.86. The lowest BCUT2D eigenvalue weighted by Crippen LogP contribution is -2.45. The van der Waals surface area contributed by atoms with Crippen LogP contribution in [0.25, 0.3) is 0 Å². The highest BCUT2D eigenvalue weighted by Gasteiger charge is 2.38. The van der Waals surface area contributed by atoms with Gasteiger partial charge < -0.3 is 10.2 Å². The zero-order valence-electron chi connectivity index (χ0n) is 16.3. The van der Waals surface area contributed by atoms with Crippen molar-refractivity contribution in [3.8, 4) is 0 Å². The van der Waals surface area contributed by atoms with Gasteiger partial charge in [0, 0.05) is 64.2 Å². The number of hydrogen-bond donors (Lipinski definition) is 1. The summed E-state index contributed by atoms with van der Waals surface area (Å²) in [5.74, 6) is 1.75. The molecular formula is C18H30N6O2S. The molecule has 8 nitrogen and oxygen atoms in total. The van der Waals surface area contributed by atoms with E-state index < -0.39 is 10.2 Å². The van der Waals surface area contributed by atoms with Crippen LogP contribution < -0.4 is 5.32 Å². The molecule has 1 N–H and O–H groups in total. The molecule has 0 radical (unpaired) electrons. The SMILES string of the molecule is CNc1nc([C@@H]2CCN(S(=O)(=O)N3CCCCC3)C2)nc2c1CN(C)CC2. The molecule has 0 amide bonds. The van der Waals surface area contributed by atoms with Gasteiger partial charge >= 0.3 is 0 Å². The van der Waals surface area contributed by atoms with Crippen molar-refractivity contribution >= 4 is 16.0 Å². The van der Waals surface area contributed by atoms with Crippen LogP contribution in [0.2, 0.25) is 0 Å². The summed E-state index contributed by atoms with van der Waals surface area (Å²) >= 11 is 0. The van der Waals surface area contributed by atoms with E-state index in [0.717, 1.165) is 62.5 Å². The van der Waals surface area contributed by atoms with E-state index in [2.05, 4.69) is 17.3 Å². The van der Waals surface area contributed by atoms with Gasteiger partial charge in [-0.15, -0.1) is 0 Å². The van der Waals surface area contributed by atoms with Gasteiger partial charge in [0.15, 0.2) is 0 Å². The zero-order valence-corrected chi connectivity index (χ0v) is 17.1. The molecule has 0 saturated carbocycles. The van der Waals surface area contributed by atoms with Gasteiger partial charge in [-0.2, -0.15) is 17.0 Å². The lowest BCUT2D eigenvalue weighted by molar-refractivity contribution is 0.308. The first-order chi connectivity index (χ1) is 13.0. The molecule has 0 unspecified atom stereocenters. The molecule has 3 aliphatic rings. The van der Waals surface area contributed by atoms with E-state index in [4.69, 9.17) is 9.97 Å². The number of anilines is 1. The third kappa shape index (κ3) is 3.70. The Morgan fingerprint density at radius 3 is 2.56 bits per heavy atom. The van der Waals surface area contributed by atoms with Crippen LogP contribution in [-0.4, -0.2) is 78.7 Å². The summed E-state index contributed by atoms with van der Waals surface area (Å²) in [7, 11) is 0.645. The standard InChI is InChI=1S/C18H30N6O2S/c1-19-18-15-13-22(2)10-7-16(15)20-17(21-18)14-6-11-24(12-14)27(25,26)23-8-4-3-5-9-23/h14H,3-13H2,1-2H3,(H,19,20,21)/t14-/m1/s1. The van der Waals surface area contributed by atoms with Crippen molar-refractivity contribution in [1.29, 1.82) is 0 Å². The van der Waals surface area contributed by atoms with Gasteiger partial charge in [0.2, 0.25) is 0 Å². The number of aromatic nitrogens is 2. The Morgan fingerprint density at radius 2 is 1.81 bits per heavy atom. The summed E-state index contributed by atoms with van der Waals surface area (Å²) < 4.78 is 29.2. The van der Waals surface area contributed by atoms with Crippen LogP contribution in [0.15, 0.2) is 0 Å². The van der Waals surface area contributed by atoms with Gasteiger partial charge in [-0.05, 0) is 26.3 Å².